The molecule has 1 rings (SSSR count). The molecule has 0 saturated heterocycles. The number of carboxylic acids is 1. The van der Waals surface area contributed by atoms with Gasteiger partial charge in [-0.25, -0.2) is 9.18 Å². The van der Waals surface area contributed by atoms with Crippen LogP contribution in [0.15, 0.2) is 23.6 Å². The number of nitrogens with two attached hydrogens (primary N) is 1. The summed E-state index contributed by atoms with van der Waals surface area (Å²) in [4.78, 5) is 8.85. The van der Waals surface area contributed by atoms with Crippen molar-refractivity contribution in [2.45, 2.75) is 10.4 Å². The van der Waals surface area contributed by atoms with E-state index in [0.717, 1.165) is 12.2 Å². The van der Waals surface area contributed by atoms with Crippen molar-refractivity contribution in [1.29, 1.82) is 0 Å². The van der Waals surface area contributed by atoms with Crippen LogP contribution in [0.3, 0.4) is 0 Å². The van der Waals surface area contributed by atoms with Gasteiger partial charge in [-0.15, -0.1) is 11.6 Å². The van der Waals surface area contributed by atoms with Crippen molar-refractivity contribution < 1.29 is 14.3 Å². The number of hydrogen-bond donors (Lipinski definition) is 2. The number of carboxylic acid groups (broad SMARTS) is 1. The second-order valence-corrected chi connectivity index (χ2v) is 3.72. The minimum absolute atomic E-state index is 0.348. The first-order valence-corrected chi connectivity index (χ1v) is 4.11. The third kappa shape index (κ3) is 2.02. The monoisotopic (exact) mass is 225 g/mol. The van der Waals surface area contributed by atoms with E-state index in [-0.39, 0.29) is 5.57 Å². The van der Waals surface area contributed by atoms with Crippen molar-refractivity contribution in [1.82, 2.24) is 0 Å². The SMILES string of the molecule is NC1(Cl)C=C(F)C=C(C(=O)O)C1Cl. The van der Waals surface area contributed by atoms with Gasteiger partial charge in [-0.05, 0) is 12.2 Å². The van der Waals surface area contributed by atoms with Crippen LogP contribution in [0, 0.1) is 0 Å². The number of halogens is 3. The molecule has 0 fully saturated rings. The Balaban J connectivity index is 3.12. The van der Waals surface area contributed by atoms with Crippen molar-refractivity contribution in [3.63, 3.8) is 0 Å². The molecule has 0 aromatic rings. The highest BCUT2D eigenvalue weighted by atomic mass is 35.5. The first kappa shape index (κ1) is 10.5. The average Bonchev–Trinajstić information content (AvgIpc) is 1.95. The molecule has 13 heavy (non-hydrogen) atoms. The molecule has 2 unspecified atom stereocenters. The first-order chi connectivity index (χ1) is 5.84. The zero-order chi connectivity index (χ0) is 10.2. The summed E-state index contributed by atoms with van der Waals surface area (Å²) in [6.07, 6.45) is 1.67. The molecule has 0 heterocycles. The summed E-state index contributed by atoms with van der Waals surface area (Å²) in [5.74, 6) is -2.13. The lowest BCUT2D eigenvalue weighted by Crippen LogP contribution is -2.44. The van der Waals surface area contributed by atoms with E-state index in [9.17, 15) is 9.18 Å². The van der Waals surface area contributed by atoms with Gasteiger partial charge in [0, 0.05) is 0 Å². The Hall–Kier alpha value is -0.580. The summed E-state index contributed by atoms with van der Waals surface area (Å²) >= 11 is 11.2. The van der Waals surface area contributed by atoms with Gasteiger partial charge in [0.05, 0.1) is 5.57 Å². The lowest BCUT2D eigenvalue weighted by Gasteiger charge is -2.27. The van der Waals surface area contributed by atoms with Crippen molar-refractivity contribution in [2.24, 2.45) is 5.73 Å². The normalized spacial score (nSPS) is 33.7. The van der Waals surface area contributed by atoms with E-state index < -0.39 is 22.2 Å². The molecule has 1 aliphatic rings. The van der Waals surface area contributed by atoms with Crippen LogP contribution in [-0.4, -0.2) is 21.5 Å². The van der Waals surface area contributed by atoms with Gasteiger partial charge in [0.15, 0.2) is 0 Å². The molecule has 0 saturated carbocycles. The highest BCUT2D eigenvalue weighted by Crippen LogP contribution is 2.33. The summed E-state index contributed by atoms with van der Waals surface area (Å²) in [6.45, 7) is 0. The summed E-state index contributed by atoms with van der Waals surface area (Å²) in [5.41, 5.74) is 5.00. The Morgan fingerprint density at radius 2 is 2.31 bits per heavy atom. The highest BCUT2D eigenvalue weighted by molar-refractivity contribution is 6.36. The second kappa shape index (κ2) is 3.29. The number of rotatable bonds is 1. The Morgan fingerprint density at radius 1 is 1.77 bits per heavy atom. The molecule has 6 heteroatoms. The predicted octanol–water partition coefficient (Wildman–Crippen LogP) is 1.37. The van der Waals surface area contributed by atoms with E-state index in [1.165, 1.54) is 0 Å². The van der Waals surface area contributed by atoms with Crippen LogP contribution in [0.4, 0.5) is 4.39 Å². The van der Waals surface area contributed by atoms with Crippen LogP contribution < -0.4 is 5.73 Å². The number of carbonyl (C=O) groups is 1. The number of hydrogen-bond acceptors (Lipinski definition) is 2. The zero-order valence-electron chi connectivity index (χ0n) is 6.30. The molecule has 3 N–H and O–H groups in total. The third-order valence-electron chi connectivity index (χ3n) is 1.56. The number of aliphatic carboxylic acids is 1. The van der Waals surface area contributed by atoms with Gasteiger partial charge in [0.25, 0.3) is 0 Å². The van der Waals surface area contributed by atoms with Gasteiger partial charge in [-0.2, -0.15) is 0 Å². The van der Waals surface area contributed by atoms with Gasteiger partial charge in [0.2, 0.25) is 0 Å². The molecule has 0 aliphatic heterocycles. The molecule has 0 aromatic heterocycles. The van der Waals surface area contributed by atoms with Crippen LogP contribution in [0.5, 0.6) is 0 Å². The fourth-order valence-electron chi connectivity index (χ4n) is 0.956. The first-order valence-electron chi connectivity index (χ1n) is 3.29. The van der Waals surface area contributed by atoms with Crippen molar-refractivity contribution >= 4 is 29.2 Å². The Morgan fingerprint density at radius 3 is 2.77 bits per heavy atom. The molecule has 3 nitrogen and oxygen atoms in total. The van der Waals surface area contributed by atoms with Gasteiger partial charge in [0.1, 0.15) is 16.2 Å². The lowest BCUT2D eigenvalue weighted by atomic mass is 9.99. The molecule has 2 atom stereocenters. The topological polar surface area (TPSA) is 63.3 Å². The minimum atomic E-state index is -1.69. The van der Waals surface area contributed by atoms with Crippen LogP contribution in [0.2, 0.25) is 0 Å². The largest absolute Gasteiger partial charge is 0.478 e. The van der Waals surface area contributed by atoms with E-state index in [1.807, 2.05) is 0 Å². The van der Waals surface area contributed by atoms with E-state index in [0.29, 0.717) is 0 Å². The molecular formula is C7H6Cl2FNO2. The molecule has 1 aliphatic carbocycles. The second-order valence-electron chi connectivity index (χ2n) is 2.62. The summed E-state index contributed by atoms with van der Waals surface area (Å²) < 4.78 is 12.8. The Labute approximate surface area is 83.6 Å². The summed E-state index contributed by atoms with van der Waals surface area (Å²) in [6, 6.07) is 0. The van der Waals surface area contributed by atoms with Crippen molar-refractivity contribution in [3.05, 3.63) is 23.6 Å². The van der Waals surface area contributed by atoms with Gasteiger partial charge in [-0.1, -0.05) is 11.6 Å². The van der Waals surface area contributed by atoms with Crippen LogP contribution in [-0.2, 0) is 4.79 Å². The Kier molecular flexibility index (Phi) is 2.66. The molecule has 0 radical (unpaired) electrons. The summed E-state index contributed by atoms with van der Waals surface area (Å²) in [7, 11) is 0. The van der Waals surface area contributed by atoms with Crippen LogP contribution in [0.25, 0.3) is 0 Å². The average molecular weight is 226 g/mol. The van der Waals surface area contributed by atoms with Gasteiger partial charge in [-0.3, -0.25) is 0 Å². The molecule has 0 spiro atoms. The third-order valence-corrected chi connectivity index (χ3v) is 2.60. The molecule has 0 aromatic carbocycles. The standard InChI is InChI=1S/C7H6Cl2FNO2/c8-5-4(6(12)13)1-3(10)2-7(5,9)11/h1-2,5H,11H2,(H,12,13). The predicted molar refractivity (Wildman–Crippen MR) is 47.3 cm³/mol. The Bertz CT molecular complexity index is 312. The van der Waals surface area contributed by atoms with Crippen molar-refractivity contribution in [3.8, 4) is 0 Å². The molecule has 0 bridgehead atoms. The van der Waals surface area contributed by atoms with Crippen molar-refractivity contribution in [2.75, 3.05) is 0 Å². The highest BCUT2D eigenvalue weighted by Gasteiger charge is 2.38. The summed E-state index contributed by atoms with van der Waals surface area (Å²) in [5, 5.41) is 7.45. The lowest BCUT2D eigenvalue weighted by molar-refractivity contribution is -0.132. The fourth-order valence-corrected chi connectivity index (χ4v) is 1.40. The molecular weight excluding hydrogens is 220 g/mol. The van der Waals surface area contributed by atoms with Gasteiger partial charge >= 0.3 is 5.97 Å². The van der Waals surface area contributed by atoms with E-state index in [2.05, 4.69) is 0 Å². The van der Waals surface area contributed by atoms with Crippen LogP contribution >= 0.6 is 23.2 Å². The van der Waals surface area contributed by atoms with E-state index in [1.54, 1.807) is 0 Å². The zero-order valence-corrected chi connectivity index (χ0v) is 7.81. The molecule has 72 valence electrons. The van der Waals surface area contributed by atoms with E-state index in [4.69, 9.17) is 34.0 Å². The smallest absolute Gasteiger partial charge is 0.333 e. The van der Waals surface area contributed by atoms with Gasteiger partial charge < -0.3 is 10.8 Å². The maximum Gasteiger partial charge on any atom is 0.333 e. The quantitative estimate of drug-likeness (QED) is 0.524. The van der Waals surface area contributed by atoms with E-state index >= 15 is 0 Å². The number of allylic oxidation sites excluding steroid dienone is 2. The molecule has 0 amide bonds. The maximum atomic E-state index is 12.8. The fraction of sp³-hybridized carbons (Fsp3) is 0.286. The maximum absolute atomic E-state index is 12.8. The number of alkyl halides is 2. The minimum Gasteiger partial charge on any atom is -0.478 e. The van der Waals surface area contributed by atoms with Crippen LogP contribution in [0.1, 0.15) is 0 Å².